The molecular weight excluding hydrogens is 274 g/mol. The van der Waals surface area contributed by atoms with Crippen molar-refractivity contribution in [2.75, 3.05) is 0 Å². The topological polar surface area (TPSA) is 92.7 Å². The Kier molecular flexibility index (Phi) is 5.46. The van der Waals surface area contributed by atoms with Gasteiger partial charge in [-0.25, -0.2) is 9.59 Å². The number of alkyl carbamates (subject to hydrolysis) is 1. The number of carbonyl (C=O) groups is 3. The predicted molar refractivity (Wildman–Crippen MR) is 75.8 cm³/mol. The fourth-order valence-electron chi connectivity index (χ4n) is 1.66. The lowest BCUT2D eigenvalue weighted by Gasteiger charge is -2.23. The minimum Gasteiger partial charge on any atom is -0.475 e. The first-order valence-corrected chi connectivity index (χ1v) is 6.49. The van der Waals surface area contributed by atoms with E-state index in [2.05, 4.69) is 5.32 Å². The fourth-order valence-corrected chi connectivity index (χ4v) is 1.66. The summed E-state index contributed by atoms with van der Waals surface area (Å²) in [5, 5.41) is 11.2. The highest BCUT2D eigenvalue weighted by Gasteiger charge is 2.24. The third kappa shape index (κ3) is 6.07. The number of nitrogens with one attached hydrogen (secondary N) is 1. The molecule has 1 aromatic rings. The molecule has 21 heavy (non-hydrogen) atoms. The van der Waals surface area contributed by atoms with Gasteiger partial charge in [0.25, 0.3) is 0 Å². The normalized spacial score (nSPS) is 12.3. The second-order valence-electron chi connectivity index (χ2n) is 5.54. The number of ether oxygens (including phenoxy) is 1. The summed E-state index contributed by atoms with van der Waals surface area (Å²) in [6.45, 7) is 5.14. The van der Waals surface area contributed by atoms with Crippen molar-refractivity contribution in [2.24, 2.45) is 0 Å². The van der Waals surface area contributed by atoms with Crippen molar-refractivity contribution >= 4 is 17.8 Å². The molecule has 0 aliphatic carbocycles. The molecule has 2 N–H and O–H groups in total. The summed E-state index contributed by atoms with van der Waals surface area (Å²) in [5.74, 6) is -2.50. The molecule has 0 unspecified atom stereocenters. The van der Waals surface area contributed by atoms with Crippen LogP contribution in [-0.2, 0) is 14.3 Å². The maximum atomic E-state index is 11.8. The Morgan fingerprint density at radius 2 is 1.76 bits per heavy atom. The number of benzene rings is 1. The van der Waals surface area contributed by atoms with Crippen molar-refractivity contribution in [1.29, 1.82) is 0 Å². The van der Waals surface area contributed by atoms with E-state index in [1.165, 1.54) is 0 Å². The van der Waals surface area contributed by atoms with Crippen molar-refractivity contribution in [2.45, 2.75) is 38.8 Å². The number of rotatable bonds is 5. The number of aliphatic carboxylic acids is 1. The van der Waals surface area contributed by atoms with Crippen molar-refractivity contribution < 1.29 is 24.2 Å². The van der Waals surface area contributed by atoms with Gasteiger partial charge in [-0.05, 0) is 26.3 Å². The second kappa shape index (κ2) is 6.88. The summed E-state index contributed by atoms with van der Waals surface area (Å²) in [4.78, 5) is 33.9. The van der Waals surface area contributed by atoms with Crippen molar-refractivity contribution in [3.8, 4) is 0 Å². The average molecular weight is 293 g/mol. The third-order valence-electron chi connectivity index (χ3n) is 2.52. The molecule has 1 atom stereocenters. The number of carboxylic acids is 1. The summed E-state index contributed by atoms with van der Waals surface area (Å²) in [7, 11) is 0. The molecule has 0 heterocycles. The zero-order chi connectivity index (χ0) is 16.0. The Labute approximate surface area is 123 Å². The van der Waals surface area contributed by atoms with Gasteiger partial charge in [-0.1, -0.05) is 30.3 Å². The molecule has 1 amide bonds. The molecule has 0 saturated carbocycles. The Balaban J connectivity index is 2.85. The highest BCUT2D eigenvalue weighted by Crippen LogP contribution is 2.18. The van der Waals surface area contributed by atoms with Crippen LogP contribution in [0.3, 0.4) is 0 Å². The monoisotopic (exact) mass is 293 g/mol. The van der Waals surface area contributed by atoms with Crippen LogP contribution in [0.4, 0.5) is 4.79 Å². The molecule has 114 valence electrons. The largest absolute Gasteiger partial charge is 0.475 e. The van der Waals surface area contributed by atoms with E-state index in [0.717, 1.165) is 0 Å². The minimum absolute atomic E-state index is 0.335. The molecule has 6 heteroatoms. The van der Waals surface area contributed by atoms with Gasteiger partial charge in [0.05, 0.1) is 6.04 Å². The van der Waals surface area contributed by atoms with Crippen LogP contribution in [-0.4, -0.2) is 28.6 Å². The lowest BCUT2D eigenvalue weighted by molar-refractivity contribution is -0.149. The zero-order valence-corrected chi connectivity index (χ0v) is 12.3. The number of hydrogen-bond donors (Lipinski definition) is 2. The van der Waals surface area contributed by atoms with Crippen molar-refractivity contribution in [3.05, 3.63) is 35.9 Å². The van der Waals surface area contributed by atoms with Gasteiger partial charge in [0.1, 0.15) is 5.60 Å². The minimum atomic E-state index is -1.53. The van der Waals surface area contributed by atoms with Crippen LogP contribution < -0.4 is 5.32 Å². The SMILES string of the molecule is CC(C)(C)OC(=O)N[C@H](CC(=O)C(=O)O)c1ccccc1. The molecule has 0 fully saturated rings. The van der Waals surface area contributed by atoms with E-state index < -0.39 is 29.5 Å². The van der Waals surface area contributed by atoms with Crippen LogP contribution in [0.5, 0.6) is 0 Å². The van der Waals surface area contributed by atoms with Crippen LogP contribution >= 0.6 is 0 Å². The van der Waals surface area contributed by atoms with E-state index in [9.17, 15) is 14.4 Å². The Morgan fingerprint density at radius 1 is 1.19 bits per heavy atom. The van der Waals surface area contributed by atoms with E-state index in [1.54, 1.807) is 51.1 Å². The lowest BCUT2D eigenvalue weighted by atomic mass is 10.0. The van der Waals surface area contributed by atoms with Crippen molar-refractivity contribution in [1.82, 2.24) is 5.32 Å². The summed E-state index contributed by atoms with van der Waals surface area (Å²) < 4.78 is 5.12. The van der Waals surface area contributed by atoms with E-state index in [0.29, 0.717) is 5.56 Å². The smallest absolute Gasteiger partial charge is 0.408 e. The summed E-state index contributed by atoms with van der Waals surface area (Å²) in [5.41, 5.74) is -0.0414. The van der Waals surface area contributed by atoms with E-state index in [-0.39, 0.29) is 6.42 Å². The maximum absolute atomic E-state index is 11.8. The maximum Gasteiger partial charge on any atom is 0.408 e. The highest BCUT2D eigenvalue weighted by molar-refractivity contribution is 6.32. The molecular formula is C15H19NO5. The van der Waals surface area contributed by atoms with E-state index >= 15 is 0 Å². The first-order valence-electron chi connectivity index (χ1n) is 6.49. The van der Waals surface area contributed by atoms with Crippen LogP contribution in [0, 0.1) is 0 Å². The fraction of sp³-hybridized carbons (Fsp3) is 0.400. The molecule has 0 radical (unpaired) electrons. The number of carboxylic acid groups (broad SMARTS) is 1. The average Bonchev–Trinajstić information content (AvgIpc) is 2.36. The zero-order valence-electron chi connectivity index (χ0n) is 12.3. The highest BCUT2D eigenvalue weighted by atomic mass is 16.6. The van der Waals surface area contributed by atoms with Crippen LogP contribution in [0.2, 0.25) is 0 Å². The second-order valence-corrected chi connectivity index (χ2v) is 5.54. The van der Waals surface area contributed by atoms with Gasteiger partial charge in [-0.3, -0.25) is 4.79 Å². The van der Waals surface area contributed by atoms with Gasteiger partial charge in [0, 0.05) is 6.42 Å². The number of hydrogen-bond acceptors (Lipinski definition) is 4. The first-order chi connectivity index (χ1) is 9.69. The van der Waals surface area contributed by atoms with Crippen molar-refractivity contribution in [3.63, 3.8) is 0 Å². The number of Topliss-reactive ketones (excluding diaryl/α,β-unsaturated/α-hetero) is 1. The number of ketones is 1. The quantitative estimate of drug-likeness (QED) is 0.812. The molecule has 1 aromatic carbocycles. The number of amides is 1. The summed E-state index contributed by atoms with van der Waals surface area (Å²) >= 11 is 0. The molecule has 1 rings (SSSR count). The molecule has 0 spiro atoms. The van der Waals surface area contributed by atoms with E-state index in [1.807, 2.05) is 0 Å². The van der Waals surface area contributed by atoms with Gasteiger partial charge >= 0.3 is 12.1 Å². The third-order valence-corrected chi connectivity index (χ3v) is 2.52. The Bertz CT molecular complexity index is 519. The molecule has 0 saturated heterocycles. The Hall–Kier alpha value is -2.37. The molecule has 0 aliphatic rings. The lowest BCUT2D eigenvalue weighted by Crippen LogP contribution is -2.36. The number of carbonyl (C=O) groups excluding carboxylic acids is 2. The van der Waals surface area contributed by atoms with Crippen LogP contribution in [0.15, 0.2) is 30.3 Å². The molecule has 6 nitrogen and oxygen atoms in total. The van der Waals surface area contributed by atoms with Crippen LogP contribution in [0.1, 0.15) is 38.8 Å². The summed E-state index contributed by atoms with van der Waals surface area (Å²) in [6.07, 6.45) is -1.03. The summed E-state index contributed by atoms with van der Waals surface area (Å²) in [6, 6.07) is 7.93. The van der Waals surface area contributed by atoms with Gasteiger partial charge in [-0.2, -0.15) is 0 Å². The molecule has 0 bridgehead atoms. The molecule has 0 aromatic heterocycles. The Morgan fingerprint density at radius 3 is 2.24 bits per heavy atom. The van der Waals surface area contributed by atoms with Gasteiger partial charge in [-0.15, -0.1) is 0 Å². The standard InChI is InChI=1S/C15H19NO5/c1-15(2,3)21-14(20)16-11(9-12(17)13(18)19)10-7-5-4-6-8-10/h4-8,11H,9H2,1-3H3,(H,16,20)(H,18,19)/t11-/m1/s1. The van der Waals surface area contributed by atoms with Gasteiger partial charge < -0.3 is 15.2 Å². The van der Waals surface area contributed by atoms with Gasteiger partial charge in [0.15, 0.2) is 0 Å². The predicted octanol–water partition coefficient (Wildman–Crippen LogP) is 2.30. The van der Waals surface area contributed by atoms with Crippen LogP contribution in [0.25, 0.3) is 0 Å². The van der Waals surface area contributed by atoms with E-state index in [4.69, 9.17) is 9.84 Å². The first kappa shape index (κ1) is 16.7. The molecule has 0 aliphatic heterocycles. The van der Waals surface area contributed by atoms with Gasteiger partial charge in [0.2, 0.25) is 5.78 Å².